The molecule has 0 aliphatic carbocycles. The number of hydrogen-bond acceptors (Lipinski definition) is 6. The molecule has 4 aromatic rings. The fourth-order valence-electron chi connectivity index (χ4n) is 4.20. The third-order valence-corrected chi connectivity index (χ3v) is 10.1. The maximum atomic E-state index is 13.3. The quantitative estimate of drug-likeness (QED) is 0.103. The molecule has 30 heteroatoms. The first-order valence-electron chi connectivity index (χ1n) is 14.4. The first-order chi connectivity index (χ1) is 26.6. The topological polar surface area (TPSA) is 101 Å². The number of benzene rings is 2. The summed E-state index contributed by atoms with van der Waals surface area (Å²) in [4.78, 5) is 32.4. The van der Waals surface area contributed by atoms with Gasteiger partial charge in [-0.15, -0.1) is 0 Å². The zero-order valence-corrected chi connectivity index (χ0v) is 29.5. The van der Waals surface area contributed by atoms with Crippen LogP contribution in [0.25, 0.3) is 21.9 Å². The summed E-state index contributed by atoms with van der Waals surface area (Å²) in [6.07, 6.45) is -8.14. The summed E-state index contributed by atoms with van der Waals surface area (Å²) in [6.45, 7) is 0. The summed E-state index contributed by atoms with van der Waals surface area (Å²) in [5.41, 5.74) is 0.504. The number of halogens is 24. The fraction of sp³-hybridized carbons (Fsp3) is 0.367. The van der Waals surface area contributed by atoms with E-state index in [0.29, 0.717) is 11.2 Å². The Labute approximate surface area is 322 Å². The smallest absolute Gasteiger partial charge is 0.460 e. The maximum absolute atomic E-state index is 13.3. The van der Waals surface area contributed by atoms with Crippen molar-refractivity contribution in [3.63, 3.8) is 0 Å². The molecule has 0 unspecified atom stereocenters. The van der Waals surface area contributed by atoms with Gasteiger partial charge in [-0.1, -0.05) is 0 Å². The van der Waals surface area contributed by atoms with Crippen molar-refractivity contribution in [3.05, 3.63) is 88.6 Å². The molecule has 0 bridgehead atoms. The highest BCUT2D eigenvalue weighted by Crippen LogP contribution is 2.67. The van der Waals surface area contributed by atoms with Crippen LogP contribution in [0.2, 0.25) is 0 Å². The van der Waals surface area contributed by atoms with Crippen LogP contribution in [0.3, 0.4) is 0 Å². The third-order valence-electron chi connectivity index (χ3n) is 7.55. The zero-order valence-electron chi connectivity index (χ0n) is 27.3. The molecule has 0 saturated heterocycles. The van der Waals surface area contributed by atoms with Crippen LogP contribution >= 0.6 is 0 Å². The summed E-state index contributed by atoms with van der Waals surface area (Å²) < 4.78 is 310. The SMILES string of the molecule is O=C([O-])C(F)(F)C(F)(F)C(F)(F)C(F)(F)C(F)(F)C(F)(F)C(F)(F)C(F)(F)C(F)(F)C(F)(F)C(F)(F)F.O=c1ccc2ccc([I+]c3ccc4ccc(=O)oc4c3)cc2o1. The molecule has 0 fully saturated rings. The summed E-state index contributed by atoms with van der Waals surface area (Å²) in [7, 11) is 0. The molecule has 0 aliphatic heterocycles. The second-order valence-corrected chi connectivity index (χ2v) is 14.5. The van der Waals surface area contributed by atoms with E-state index in [1.165, 1.54) is 12.1 Å². The van der Waals surface area contributed by atoms with Crippen molar-refractivity contribution >= 4 is 27.9 Å². The van der Waals surface area contributed by atoms with E-state index in [1.807, 2.05) is 36.4 Å². The summed E-state index contributed by atoms with van der Waals surface area (Å²) >= 11 is -0.465. The van der Waals surface area contributed by atoms with Crippen molar-refractivity contribution in [2.45, 2.75) is 65.4 Å². The number of hydrogen-bond donors (Lipinski definition) is 0. The molecule has 0 spiro atoms. The second-order valence-electron chi connectivity index (χ2n) is 11.5. The number of rotatable bonds is 12. The average Bonchev–Trinajstić information content (AvgIpc) is 3.10. The van der Waals surface area contributed by atoms with Crippen molar-refractivity contribution < 1.29 is 141 Å². The Morgan fingerprint density at radius 3 is 0.967 bits per heavy atom. The van der Waals surface area contributed by atoms with Gasteiger partial charge in [0.15, 0.2) is 7.14 Å². The molecule has 0 radical (unpaired) electrons. The molecule has 2 heterocycles. The largest absolute Gasteiger partial charge is 0.544 e. The Balaban J connectivity index is 0.000000352. The first kappa shape index (κ1) is 49.8. The van der Waals surface area contributed by atoms with Crippen LogP contribution in [0.4, 0.5) is 101 Å². The van der Waals surface area contributed by atoms with E-state index in [9.17, 15) is 120 Å². The van der Waals surface area contributed by atoms with Crippen molar-refractivity contribution in [1.82, 2.24) is 0 Å². The van der Waals surface area contributed by atoms with Gasteiger partial charge in [-0.2, -0.15) is 101 Å². The van der Waals surface area contributed by atoms with E-state index in [4.69, 9.17) is 8.83 Å². The molecular formula is C30H10F23IO6. The van der Waals surface area contributed by atoms with Gasteiger partial charge in [0.25, 0.3) is 0 Å². The highest BCUT2D eigenvalue weighted by molar-refractivity contribution is 5.76. The van der Waals surface area contributed by atoms with Gasteiger partial charge in [-0.25, -0.2) is 9.59 Å². The van der Waals surface area contributed by atoms with Gasteiger partial charge in [0.2, 0.25) is 0 Å². The van der Waals surface area contributed by atoms with E-state index in [2.05, 4.69) is 0 Å². The second kappa shape index (κ2) is 15.1. The third kappa shape index (κ3) is 7.56. The van der Waals surface area contributed by atoms with Crippen LogP contribution in [0.5, 0.6) is 0 Å². The van der Waals surface area contributed by atoms with Crippen molar-refractivity contribution in [3.8, 4) is 0 Å². The zero-order chi connectivity index (χ0) is 46.9. The molecular weight excluding hydrogens is 1020 g/mol. The molecule has 0 saturated carbocycles. The fourth-order valence-corrected chi connectivity index (χ4v) is 6.51. The number of alkyl halides is 23. The summed E-state index contributed by atoms with van der Waals surface area (Å²) in [5.74, 6) is -95.1. The van der Waals surface area contributed by atoms with Crippen LogP contribution < -0.4 is 37.6 Å². The average molecular weight is 1030 g/mol. The predicted molar refractivity (Wildman–Crippen MR) is 143 cm³/mol. The lowest BCUT2D eigenvalue weighted by Gasteiger charge is -2.45. The van der Waals surface area contributed by atoms with E-state index in [-0.39, 0.29) is 11.3 Å². The first-order valence-corrected chi connectivity index (χ1v) is 16.6. The van der Waals surface area contributed by atoms with Crippen molar-refractivity contribution in [1.29, 1.82) is 0 Å². The van der Waals surface area contributed by atoms with E-state index < -0.39 is 92.6 Å². The van der Waals surface area contributed by atoms with Gasteiger partial charge in [0.1, 0.15) is 17.1 Å². The molecule has 2 aromatic heterocycles. The summed E-state index contributed by atoms with van der Waals surface area (Å²) in [6, 6.07) is 18.2. The molecule has 0 N–H and O–H groups in total. The molecule has 334 valence electrons. The number of carboxylic acids is 1. The maximum Gasteiger partial charge on any atom is 0.460 e. The van der Waals surface area contributed by atoms with Crippen LogP contribution in [-0.2, 0) is 4.79 Å². The molecule has 0 atom stereocenters. The number of fused-ring (bicyclic) bond motifs is 2. The van der Waals surface area contributed by atoms with Crippen molar-refractivity contribution in [2.24, 2.45) is 0 Å². The minimum Gasteiger partial charge on any atom is -0.544 e. The number of carbonyl (C=O) groups excluding carboxylic acids is 1. The van der Waals surface area contributed by atoms with Crippen molar-refractivity contribution in [2.75, 3.05) is 0 Å². The van der Waals surface area contributed by atoms with E-state index in [0.717, 1.165) is 17.9 Å². The van der Waals surface area contributed by atoms with Gasteiger partial charge in [0, 0.05) is 35.0 Å². The minimum atomic E-state index is -9.52. The molecule has 60 heavy (non-hydrogen) atoms. The summed E-state index contributed by atoms with van der Waals surface area (Å²) in [5, 5.41) is 11.6. The van der Waals surface area contributed by atoms with Crippen LogP contribution in [0, 0.1) is 7.14 Å². The van der Waals surface area contributed by atoms with Gasteiger partial charge < -0.3 is 18.7 Å². The predicted octanol–water partition coefficient (Wildman–Crippen LogP) is 5.68. The monoisotopic (exact) mass is 1030 g/mol. The van der Waals surface area contributed by atoms with Gasteiger partial charge in [-0.05, 0) is 36.4 Å². The lowest BCUT2D eigenvalue weighted by Crippen LogP contribution is -3.61. The Morgan fingerprint density at radius 1 is 0.417 bits per heavy atom. The van der Waals surface area contributed by atoms with Gasteiger partial charge >= 0.3 is 97.9 Å². The number of carboxylic acid groups (broad SMARTS) is 1. The Bertz CT molecular complexity index is 2280. The minimum absolute atomic E-state index is 0.347. The number of carbonyl (C=O) groups is 1. The normalized spacial score (nSPS) is 14.6. The van der Waals surface area contributed by atoms with E-state index in [1.54, 1.807) is 12.1 Å². The molecule has 2 aromatic carbocycles. The lowest BCUT2D eigenvalue weighted by atomic mass is 9.85. The highest BCUT2D eigenvalue weighted by Gasteiger charge is 2.98. The number of aliphatic carboxylic acids is 1. The lowest BCUT2D eigenvalue weighted by molar-refractivity contribution is -0.597. The molecule has 0 aliphatic rings. The Hall–Kier alpha value is -4.55. The van der Waals surface area contributed by atoms with E-state index >= 15 is 0 Å². The molecule has 6 nitrogen and oxygen atoms in total. The molecule has 4 rings (SSSR count). The highest BCUT2D eigenvalue weighted by atomic mass is 127. The van der Waals surface area contributed by atoms with Crippen LogP contribution in [-0.4, -0.2) is 71.4 Å². The van der Waals surface area contributed by atoms with Crippen LogP contribution in [0.1, 0.15) is 0 Å². The van der Waals surface area contributed by atoms with Gasteiger partial charge in [0.05, 0.1) is 0 Å². The van der Waals surface area contributed by atoms with Crippen LogP contribution in [0.15, 0.2) is 79.1 Å². The molecule has 0 amide bonds. The van der Waals surface area contributed by atoms with Gasteiger partial charge in [-0.3, -0.25) is 0 Å². The Kier molecular flexibility index (Phi) is 12.5. The Morgan fingerprint density at radius 2 is 0.683 bits per heavy atom. The standard InChI is InChI=1S/C18H10IO4.C12HF23O2/c20-17-7-3-11-1-5-13(9-15(11)22-17)19-14-6-2-12-4-8-18(21)23-16(12)10-14;13-2(14,1(36)37)3(15,16)4(17,18)5(19,20)6(21,22)7(23,24)8(25,26)9(27,28)10(29,30)11(31,32)12(33,34)35/h1-10H;(H,36,37)/q+1;/p-1.